The van der Waals surface area contributed by atoms with Crippen LogP contribution in [-0.2, 0) is 14.3 Å². The fourth-order valence-electron chi connectivity index (χ4n) is 2.32. The lowest BCUT2D eigenvalue weighted by Crippen LogP contribution is -2.34. The second-order valence-corrected chi connectivity index (χ2v) is 5.85. The van der Waals surface area contributed by atoms with Crippen LogP contribution in [0.4, 0.5) is 5.69 Å². The number of nitrogens with one attached hydrogen (secondary N) is 2. The zero-order valence-corrected chi connectivity index (χ0v) is 15.1. The molecular formula is C19H19N3O6. The Bertz CT molecular complexity index is 869. The van der Waals surface area contributed by atoms with Gasteiger partial charge in [-0.1, -0.05) is 36.4 Å². The highest BCUT2D eigenvalue weighted by atomic mass is 16.6. The van der Waals surface area contributed by atoms with Crippen molar-refractivity contribution < 1.29 is 24.0 Å². The molecule has 2 N–H and O–H groups in total. The number of esters is 1. The van der Waals surface area contributed by atoms with Gasteiger partial charge >= 0.3 is 5.97 Å². The van der Waals surface area contributed by atoms with Gasteiger partial charge in [0.05, 0.1) is 11.0 Å². The van der Waals surface area contributed by atoms with Crippen LogP contribution in [0.3, 0.4) is 0 Å². The van der Waals surface area contributed by atoms with E-state index < -0.39 is 35.9 Å². The van der Waals surface area contributed by atoms with Gasteiger partial charge in [-0.2, -0.15) is 0 Å². The van der Waals surface area contributed by atoms with Gasteiger partial charge in [-0.15, -0.1) is 0 Å². The highest BCUT2D eigenvalue weighted by Crippen LogP contribution is 2.13. The minimum atomic E-state index is -0.804. The number of amides is 2. The molecule has 9 heteroatoms. The van der Waals surface area contributed by atoms with Crippen LogP contribution < -0.4 is 10.6 Å². The predicted octanol–water partition coefficient (Wildman–Crippen LogP) is 1.75. The zero-order chi connectivity index (χ0) is 20.5. The lowest BCUT2D eigenvalue weighted by Gasteiger charge is -2.14. The molecule has 0 bridgehead atoms. The summed E-state index contributed by atoms with van der Waals surface area (Å²) in [5.41, 5.74) is 0.710. The molecule has 0 spiro atoms. The SMILES string of the molecule is C[C@H](NC(=O)COC(=O)CNC(=O)c1cccc([N+](=O)[O-])c1)c1ccccc1. The lowest BCUT2D eigenvalue weighted by atomic mass is 10.1. The summed E-state index contributed by atoms with van der Waals surface area (Å²) in [7, 11) is 0. The summed E-state index contributed by atoms with van der Waals surface area (Å²) in [6.07, 6.45) is 0. The fourth-order valence-corrected chi connectivity index (χ4v) is 2.32. The number of benzene rings is 2. The molecule has 0 aromatic heterocycles. The van der Waals surface area contributed by atoms with Crippen LogP contribution in [0.5, 0.6) is 0 Å². The highest BCUT2D eigenvalue weighted by molar-refractivity contribution is 5.96. The van der Waals surface area contributed by atoms with E-state index in [-0.39, 0.29) is 17.3 Å². The number of non-ortho nitro benzene ring substituents is 1. The summed E-state index contributed by atoms with van der Waals surface area (Å²) in [4.78, 5) is 45.6. The molecule has 2 amide bonds. The number of carbonyl (C=O) groups is 3. The third-order valence-electron chi connectivity index (χ3n) is 3.75. The second kappa shape index (κ2) is 9.81. The monoisotopic (exact) mass is 385 g/mol. The van der Waals surface area contributed by atoms with E-state index in [1.165, 1.54) is 18.2 Å². The van der Waals surface area contributed by atoms with E-state index in [9.17, 15) is 24.5 Å². The molecule has 0 fully saturated rings. The largest absolute Gasteiger partial charge is 0.454 e. The summed E-state index contributed by atoms with van der Waals surface area (Å²) >= 11 is 0. The van der Waals surface area contributed by atoms with Crippen molar-refractivity contribution in [2.75, 3.05) is 13.2 Å². The molecule has 0 radical (unpaired) electrons. The van der Waals surface area contributed by atoms with E-state index in [1.807, 2.05) is 30.3 Å². The first kappa shape index (κ1) is 20.6. The molecule has 0 aliphatic rings. The van der Waals surface area contributed by atoms with Gasteiger partial charge in [-0.25, -0.2) is 0 Å². The van der Waals surface area contributed by atoms with Crippen LogP contribution in [0.2, 0.25) is 0 Å². The molecule has 0 saturated carbocycles. The Morgan fingerprint density at radius 2 is 1.82 bits per heavy atom. The topological polar surface area (TPSA) is 128 Å². The molecule has 9 nitrogen and oxygen atoms in total. The molecular weight excluding hydrogens is 366 g/mol. The average Bonchev–Trinajstić information content (AvgIpc) is 2.71. The first-order valence-electron chi connectivity index (χ1n) is 8.39. The van der Waals surface area contributed by atoms with Gasteiger partial charge < -0.3 is 15.4 Å². The van der Waals surface area contributed by atoms with Crippen molar-refractivity contribution in [2.45, 2.75) is 13.0 Å². The van der Waals surface area contributed by atoms with Gasteiger partial charge in [0.2, 0.25) is 0 Å². The minimum Gasteiger partial charge on any atom is -0.454 e. The predicted molar refractivity (Wildman–Crippen MR) is 99.4 cm³/mol. The Labute approximate surface area is 160 Å². The fraction of sp³-hybridized carbons (Fsp3) is 0.211. The Kier molecular flexibility index (Phi) is 7.21. The van der Waals surface area contributed by atoms with E-state index in [2.05, 4.69) is 10.6 Å². The maximum atomic E-state index is 11.9. The van der Waals surface area contributed by atoms with Gasteiger partial charge in [0.1, 0.15) is 6.54 Å². The molecule has 2 aromatic rings. The van der Waals surface area contributed by atoms with E-state index >= 15 is 0 Å². The lowest BCUT2D eigenvalue weighted by molar-refractivity contribution is -0.384. The number of nitrogens with zero attached hydrogens (tertiary/aromatic N) is 1. The number of carbonyl (C=O) groups excluding carboxylic acids is 3. The molecule has 28 heavy (non-hydrogen) atoms. The molecule has 0 aliphatic carbocycles. The van der Waals surface area contributed by atoms with Crippen molar-refractivity contribution in [3.05, 3.63) is 75.8 Å². The van der Waals surface area contributed by atoms with Crippen LogP contribution in [0.1, 0.15) is 28.9 Å². The number of nitro groups is 1. The van der Waals surface area contributed by atoms with Crippen LogP contribution >= 0.6 is 0 Å². The number of rotatable bonds is 8. The number of hydrogen-bond acceptors (Lipinski definition) is 6. The quantitative estimate of drug-likeness (QED) is 0.405. The van der Waals surface area contributed by atoms with E-state index in [0.29, 0.717) is 0 Å². The van der Waals surface area contributed by atoms with Crippen molar-refractivity contribution in [2.24, 2.45) is 0 Å². The van der Waals surface area contributed by atoms with Crippen LogP contribution in [-0.4, -0.2) is 35.9 Å². The van der Waals surface area contributed by atoms with Crippen LogP contribution in [0.25, 0.3) is 0 Å². The Balaban J connectivity index is 1.75. The van der Waals surface area contributed by atoms with Crippen LogP contribution in [0, 0.1) is 10.1 Å². The normalized spacial score (nSPS) is 11.2. The number of nitro benzene ring substituents is 1. The molecule has 146 valence electrons. The minimum absolute atomic E-state index is 0.0384. The second-order valence-electron chi connectivity index (χ2n) is 5.85. The third-order valence-corrected chi connectivity index (χ3v) is 3.75. The summed E-state index contributed by atoms with van der Waals surface area (Å²) < 4.78 is 4.81. The van der Waals surface area contributed by atoms with E-state index in [1.54, 1.807) is 6.92 Å². The zero-order valence-electron chi connectivity index (χ0n) is 15.1. The molecule has 2 rings (SSSR count). The van der Waals surface area contributed by atoms with Crippen molar-refractivity contribution in [1.82, 2.24) is 10.6 Å². The number of ether oxygens (including phenoxy) is 1. The van der Waals surface area contributed by atoms with Crippen molar-refractivity contribution in [3.63, 3.8) is 0 Å². The molecule has 0 heterocycles. The Morgan fingerprint density at radius 3 is 2.50 bits per heavy atom. The number of hydrogen-bond donors (Lipinski definition) is 2. The molecule has 0 saturated heterocycles. The average molecular weight is 385 g/mol. The van der Waals surface area contributed by atoms with Crippen molar-refractivity contribution >= 4 is 23.5 Å². The van der Waals surface area contributed by atoms with Crippen LogP contribution in [0.15, 0.2) is 54.6 Å². The van der Waals surface area contributed by atoms with Crippen molar-refractivity contribution in [3.8, 4) is 0 Å². The van der Waals surface area contributed by atoms with Gasteiger partial charge in [-0.3, -0.25) is 24.5 Å². The summed E-state index contributed by atoms with van der Waals surface area (Å²) in [5.74, 6) is -1.95. The Morgan fingerprint density at radius 1 is 1.11 bits per heavy atom. The van der Waals surface area contributed by atoms with Gasteiger partial charge in [0, 0.05) is 17.7 Å². The highest BCUT2D eigenvalue weighted by Gasteiger charge is 2.14. The first-order valence-corrected chi connectivity index (χ1v) is 8.39. The first-order chi connectivity index (χ1) is 13.4. The summed E-state index contributed by atoms with van der Waals surface area (Å²) in [6.45, 7) is 0.847. The smallest absolute Gasteiger partial charge is 0.325 e. The van der Waals surface area contributed by atoms with Gasteiger partial charge in [-0.05, 0) is 18.6 Å². The van der Waals surface area contributed by atoms with Gasteiger partial charge in [0.25, 0.3) is 17.5 Å². The Hall–Kier alpha value is -3.75. The molecule has 2 aromatic carbocycles. The maximum Gasteiger partial charge on any atom is 0.325 e. The molecule has 0 aliphatic heterocycles. The van der Waals surface area contributed by atoms with E-state index in [0.717, 1.165) is 11.6 Å². The molecule has 0 unspecified atom stereocenters. The summed E-state index contributed by atoms with van der Waals surface area (Å²) in [5, 5.41) is 15.7. The summed E-state index contributed by atoms with van der Waals surface area (Å²) in [6, 6.07) is 14.1. The maximum absolute atomic E-state index is 11.9. The molecule has 1 atom stereocenters. The van der Waals surface area contributed by atoms with Gasteiger partial charge in [0.15, 0.2) is 6.61 Å². The third kappa shape index (κ3) is 6.20. The standard InChI is InChI=1S/C19H19N3O6/c1-13(14-6-3-2-4-7-14)21-17(23)12-28-18(24)11-20-19(25)15-8-5-9-16(10-15)22(26)27/h2-10,13H,11-12H2,1H3,(H,20,25)(H,21,23)/t13-/m0/s1. The van der Waals surface area contributed by atoms with E-state index in [4.69, 9.17) is 4.74 Å². The van der Waals surface area contributed by atoms with Crippen molar-refractivity contribution in [1.29, 1.82) is 0 Å².